The van der Waals surface area contributed by atoms with Gasteiger partial charge >= 0.3 is 124 Å². The zero-order valence-corrected chi connectivity index (χ0v) is 14.2. The Balaban J connectivity index is 2.09. The van der Waals surface area contributed by atoms with E-state index in [0.717, 1.165) is 29.8 Å². The van der Waals surface area contributed by atoms with E-state index in [9.17, 15) is 5.26 Å². The molecule has 0 saturated carbocycles. The van der Waals surface area contributed by atoms with Crippen molar-refractivity contribution in [3.05, 3.63) is 17.8 Å². The molecule has 2 heterocycles. The average molecular weight is 365 g/mol. The second-order valence-corrected chi connectivity index (χ2v) is 10.5. The van der Waals surface area contributed by atoms with E-state index in [1.54, 1.807) is 0 Å². The molecule has 0 unspecified atom stereocenters. The molecule has 1 saturated heterocycles. The van der Waals surface area contributed by atoms with Crippen LogP contribution in [-0.4, -0.2) is 45.4 Å². The van der Waals surface area contributed by atoms with Gasteiger partial charge in [-0.2, -0.15) is 0 Å². The first-order valence-corrected chi connectivity index (χ1v) is 9.68. The first-order chi connectivity index (χ1) is 9.19. The molecule has 2 rings (SSSR count). The van der Waals surface area contributed by atoms with E-state index in [0.29, 0.717) is 15.4 Å². The summed E-state index contributed by atoms with van der Waals surface area (Å²) in [4.78, 5) is 4.46. The van der Waals surface area contributed by atoms with E-state index >= 15 is 0 Å². The molecule has 0 amide bonds. The summed E-state index contributed by atoms with van der Waals surface area (Å²) in [7, 11) is 0. The molecule has 19 heavy (non-hydrogen) atoms. The van der Waals surface area contributed by atoms with Crippen LogP contribution >= 0.6 is 0 Å². The Kier molecular flexibility index (Phi) is 5.46. The molecular formula is C14H18N2O2Sn. The first-order valence-electron chi connectivity index (χ1n) is 6.61. The SMILES string of the molecule is C[CH](C)[Sn][c]1ccc(OC2CCOCC2)c(C#N)n1. The molecule has 4 nitrogen and oxygen atoms in total. The van der Waals surface area contributed by atoms with E-state index in [4.69, 9.17) is 9.47 Å². The van der Waals surface area contributed by atoms with Gasteiger partial charge in [-0.25, -0.2) is 0 Å². The number of pyridine rings is 1. The molecule has 0 bridgehead atoms. The zero-order valence-electron chi connectivity index (χ0n) is 11.3. The van der Waals surface area contributed by atoms with Gasteiger partial charge in [-0.05, 0) is 0 Å². The van der Waals surface area contributed by atoms with Crippen LogP contribution in [0.1, 0.15) is 32.4 Å². The summed E-state index contributed by atoms with van der Waals surface area (Å²) in [5.74, 6) is 0.626. The van der Waals surface area contributed by atoms with Crippen LogP contribution in [0.25, 0.3) is 0 Å². The van der Waals surface area contributed by atoms with Crippen LogP contribution in [0.15, 0.2) is 12.1 Å². The van der Waals surface area contributed by atoms with Gasteiger partial charge in [0.25, 0.3) is 0 Å². The van der Waals surface area contributed by atoms with Crippen LogP contribution < -0.4 is 8.45 Å². The van der Waals surface area contributed by atoms with Crippen LogP contribution in [0.3, 0.4) is 0 Å². The Morgan fingerprint density at radius 3 is 2.79 bits per heavy atom. The number of nitriles is 1. The fourth-order valence-corrected chi connectivity index (χ4v) is 4.68. The van der Waals surface area contributed by atoms with Crippen molar-refractivity contribution in [2.24, 2.45) is 0 Å². The monoisotopic (exact) mass is 366 g/mol. The molecule has 1 aromatic heterocycles. The van der Waals surface area contributed by atoms with Gasteiger partial charge in [-0.15, -0.1) is 0 Å². The fourth-order valence-electron chi connectivity index (χ4n) is 1.97. The summed E-state index contributed by atoms with van der Waals surface area (Å²) >= 11 is -0.677. The van der Waals surface area contributed by atoms with E-state index in [-0.39, 0.29) is 6.10 Å². The third-order valence-electron chi connectivity index (χ3n) is 2.86. The third-order valence-corrected chi connectivity index (χ3v) is 6.15. The standard InChI is InChI=1S/C11H11N2O2.C3H7.Sn/c12-8-10-11(2-1-5-13-10)15-9-3-6-14-7-4-9;1-3-2;/h1-2,9H,3-4,6-7H2;3H,1-2H3;. The number of ether oxygens (including phenoxy) is 2. The van der Waals surface area contributed by atoms with Gasteiger partial charge in [0.1, 0.15) is 0 Å². The molecule has 0 aliphatic carbocycles. The van der Waals surface area contributed by atoms with Gasteiger partial charge in [-0.3, -0.25) is 0 Å². The number of nitrogens with zero attached hydrogens (tertiary/aromatic N) is 2. The molecule has 0 N–H and O–H groups in total. The predicted octanol–water partition coefficient (Wildman–Crippen LogP) is 1.67. The van der Waals surface area contributed by atoms with Crippen molar-refractivity contribution in [3.63, 3.8) is 0 Å². The number of rotatable bonds is 4. The second-order valence-electron chi connectivity index (χ2n) is 4.88. The number of hydrogen-bond donors (Lipinski definition) is 0. The minimum absolute atomic E-state index is 0.151. The van der Waals surface area contributed by atoms with Crippen molar-refractivity contribution < 1.29 is 9.47 Å². The Labute approximate surface area is 124 Å². The van der Waals surface area contributed by atoms with Crippen molar-refractivity contribution in [1.82, 2.24) is 4.98 Å². The van der Waals surface area contributed by atoms with Crippen LogP contribution in [-0.2, 0) is 4.74 Å². The van der Waals surface area contributed by atoms with Gasteiger partial charge in [-0.1, -0.05) is 0 Å². The second kappa shape index (κ2) is 7.11. The minimum atomic E-state index is -0.677. The van der Waals surface area contributed by atoms with Gasteiger partial charge in [0.05, 0.1) is 0 Å². The molecular weight excluding hydrogens is 347 g/mol. The van der Waals surface area contributed by atoms with E-state index in [1.165, 1.54) is 0 Å². The first kappa shape index (κ1) is 14.6. The number of hydrogen-bond acceptors (Lipinski definition) is 4. The maximum atomic E-state index is 9.21. The maximum absolute atomic E-state index is 9.21. The van der Waals surface area contributed by atoms with Gasteiger partial charge in [0, 0.05) is 0 Å². The Bertz CT molecular complexity index is 465. The quantitative estimate of drug-likeness (QED) is 0.762. The van der Waals surface area contributed by atoms with Crippen LogP contribution in [0.5, 0.6) is 5.75 Å². The van der Waals surface area contributed by atoms with Crippen molar-refractivity contribution in [1.29, 1.82) is 5.26 Å². The van der Waals surface area contributed by atoms with E-state index in [2.05, 4.69) is 24.9 Å². The van der Waals surface area contributed by atoms with Gasteiger partial charge < -0.3 is 0 Å². The van der Waals surface area contributed by atoms with E-state index < -0.39 is 21.1 Å². The van der Waals surface area contributed by atoms with Crippen molar-refractivity contribution >= 4 is 24.9 Å². The van der Waals surface area contributed by atoms with E-state index in [1.807, 2.05) is 12.1 Å². The van der Waals surface area contributed by atoms with Crippen LogP contribution in [0.2, 0.25) is 3.93 Å². The topological polar surface area (TPSA) is 55.1 Å². The van der Waals surface area contributed by atoms with Gasteiger partial charge in [0.15, 0.2) is 0 Å². The van der Waals surface area contributed by atoms with Gasteiger partial charge in [0.2, 0.25) is 0 Å². The predicted molar refractivity (Wildman–Crippen MR) is 73.9 cm³/mol. The summed E-state index contributed by atoms with van der Waals surface area (Å²) < 4.78 is 13.0. The molecule has 2 radical (unpaired) electrons. The van der Waals surface area contributed by atoms with Crippen molar-refractivity contribution in [2.75, 3.05) is 13.2 Å². The molecule has 5 heteroatoms. The van der Waals surface area contributed by atoms with Crippen molar-refractivity contribution in [2.45, 2.75) is 36.7 Å². The number of aromatic nitrogens is 1. The fraction of sp³-hybridized carbons (Fsp3) is 0.571. The molecule has 0 aromatic carbocycles. The summed E-state index contributed by atoms with van der Waals surface area (Å²) in [6.07, 6.45) is 1.92. The molecule has 1 fully saturated rings. The summed E-state index contributed by atoms with van der Waals surface area (Å²) in [6.45, 7) is 5.90. The molecule has 1 aliphatic heterocycles. The van der Waals surface area contributed by atoms with Crippen LogP contribution in [0.4, 0.5) is 0 Å². The Morgan fingerprint density at radius 2 is 2.16 bits per heavy atom. The Morgan fingerprint density at radius 1 is 1.42 bits per heavy atom. The normalized spacial score (nSPS) is 16.3. The third kappa shape index (κ3) is 4.36. The van der Waals surface area contributed by atoms with Crippen LogP contribution in [0, 0.1) is 11.3 Å². The molecule has 0 spiro atoms. The average Bonchev–Trinajstić information content (AvgIpc) is 2.41. The molecule has 100 valence electrons. The van der Waals surface area contributed by atoms with Crippen molar-refractivity contribution in [3.8, 4) is 11.8 Å². The molecule has 0 atom stereocenters. The zero-order chi connectivity index (χ0) is 13.7. The Hall–Kier alpha value is -0.801. The molecule has 1 aliphatic rings. The summed E-state index contributed by atoms with van der Waals surface area (Å²) in [5.41, 5.74) is 0.436. The molecule has 1 aromatic rings. The summed E-state index contributed by atoms with van der Waals surface area (Å²) in [6, 6.07) is 6.10. The summed E-state index contributed by atoms with van der Waals surface area (Å²) in [5, 5.41) is 9.21.